The molecule has 118 valence electrons. The highest BCUT2D eigenvalue weighted by Gasteiger charge is 2.30. The van der Waals surface area contributed by atoms with Gasteiger partial charge in [-0.2, -0.15) is 0 Å². The van der Waals surface area contributed by atoms with Crippen LogP contribution in [-0.4, -0.2) is 26.7 Å². The molecular weight excluding hydrogens is 382 g/mol. The predicted octanol–water partition coefficient (Wildman–Crippen LogP) is 2.13. The van der Waals surface area contributed by atoms with Gasteiger partial charge in [0.15, 0.2) is 0 Å². The van der Waals surface area contributed by atoms with E-state index in [-0.39, 0.29) is 23.2 Å². The van der Waals surface area contributed by atoms with Gasteiger partial charge in [0.05, 0.1) is 4.90 Å². The van der Waals surface area contributed by atoms with Crippen LogP contribution in [0.3, 0.4) is 0 Å². The van der Waals surface area contributed by atoms with Crippen molar-refractivity contribution in [1.82, 2.24) is 4.72 Å². The third kappa shape index (κ3) is 3.43. The SMILES string of the molecule is O=C(CN=C1NS(=O)(=O)c2ccccc21)Nc1ccc(Br)cc1. The summed E-state index contributed by atoms with van der Waals surface area (Å²) in [6.45, 7) is -0.178. The molecule has 6 nitrogen and oxygen atoms in total. The van der Waals surface area contributed by atoms with E-state index in [0.717, 1.165) is 4.47 Å². The Morgan fingerprint density at radius 1 is 1.13 bits per heavy atom. The highest BCUT2D eigenvalue weighted by atomic mass is 79.9. The number of fused-ring (bicyclic) bond motifs is 1. The monoisotopic (exact) mass is 393 g/mol. The van der Waals surface area contributed by atoms with Gasteiger partial charge in [0, 0.05) is 15.7 Å². The molecule has 3 rings (SSSR count). The number of amides is 1. The molecule has 23 heavy (non-hydrogen) atoms. The van der Waals surface area contributed by atoms with Crippen LogP contribution in [0.5, 0.6) is 0 Å². The fourth-order valence-corrected chi connectivity index (χ4v) is 3.65. The molecule has 0 radical (unpaired) electrons. The summed E-state index contributed by atoms with van der Waals surface area (Å²) in [5.41, 5.74) is 1.12. The molecule has 0 fully saturated rings. The van der Waals surface area contributed by atoms with E-state index in [1.165, 1.54) is 6.07 Å². The van der Waals surface area contributed by atoms with E-state index >= 15 is 0 Å². The zero-order valence-corrected chi connectivity index (χ0v) is 14.2. The Morgan fingerprint density at radius 2 is 1.83 bits per heavy atom. The van der Waals surface area contributed by atoms with Crippen LogP contribution in [0.4, 0.5) is 5.69 Å². The number of carbonyl (C=O) groups is 1. The molecule has 2 aromatic carbocycles. The normalized spacial score (nSPS) is 16.7. The van der Waals surface area contributed by atoms with Crippen molar-refractivity contribution in [3.05, 3.63) is 58.6 Å². The van der Waals surface area contributed by atoms with E-state index in [1.807, 2.05) is 12.1 Å². The first kappa shape index (κ1) is 15.7. The zero-order valence-electron chi connectivity index (χ0n) is 11.8. The molecule has 0 saturated carbocycles. The summed E-state index contributed by atoms with van der Waals surface area (Å²) in [4.78, 5) is 16.2. The van der Waals surface area contributed by atoms with E-state index in [1.54, 1.807) is 30.3 Å². The fourth-order valence-electron chi connectivity index (χ4n) is 2.14. The molecule has 2 N–H and O–H groups in total. The maximum Gasteiger partial charge on any atom is 0.263 e. The first-order valence-electron chi connectivity index (χ1n) is 6.68. The van der Waals surface area contributed by atoms with Crippen LogP contribution in [0.1, 0.15) is 5.56 Å². The molecule has 0 atom stereocenters. The second-order valence-corrected chi connectivity index (χ2v) is 7.39. The van der Waals surface area contributed by atoms with Crippen molar-refractivity contribution in [2.24, 2.45) is 4.99 Å². The Labute approximate surface area is 141 Å². The molecule has 2 aromatic rings. The number of hydrogen-bond acceptors (Lipinski definition) is 4. The molecule has 0 aliphatic carbocycles. The molecular formula is C15H12BrN3O3S. The van der Waals surface area contributed by atoms with Crippen molar-refractivity contribution >= 4 is 43.4 Å². The lowest BCUT2D eigenvalue weighted by molar-refractivity contribution is -0.114. The number of nitrogens with one attached hydrogen (secondary N) is 2. The zero-order chi connectivity index (χ0) is 16.4. The number of hydrogen-bond donors (Lipinski definition) is 2. The molecule has 0 aromatic heterocycles. The Bertz CT molecular complexity index is 892. The molecule has 1 aliphatic heterocycles. The summed E-state index contributed by atoms with van der Waals surface area (Å²) in [6, 6.07) is 13.6. The van der Waals surface area contributed by atoms with Gasteiger partial charge in [0.25, 0.3) is 10.0 Å². The lowest BCUT2D eigenvalue weighted by Gasteiger charge is -2.04. The highest BCUT2D eigenvalue weighted by Crippen LogP contribution is 2.22. The second kappa shape index (κ2) is 6.13. The summed E-state index contributed by atoms with van der Waals surface area (Å²) in [7, 11) is -3.58. The number of anilines is 1. The van der Waals surface area contributed by atoms with Gasteiger partial charge in [-0.05, 0) is 36.4 Å². The number of halogens is 1. The molecule has 0 saturated heterocycles. The minimum absolute atomic E-state index is 0.173. The van der Waals surface area contributed by atoms with E-state index in [0.29, 0.717) is 11.3 Å². The van der Waals surface area contributed by atoms with Crippen molar-refractivity contribution in [2.75, 3.05) is 11.9 Å². The summed E-state index contributed by atoms with van der Waals surface area (Å²) in [6.07, 6.45) is 0. The Hall–Kier alpha value is -2.19. The minimum Gasteiger partial charge on any atom is -0.324 e. The maximum absolute atomic E-state index is 11.9. The maximum atomic E-state index is 11.9. The van der Waals surface area contributed by atoms with Crippen molar-refractivity contribution in [3.63, 3.8) is 0 Å². The average molecular weight is 394 g/mol. The van der Waals surface area contributed by atoms with Crippen molar-refractivity contribution in [3.8, 4) is 0 Å². The van der Waals surface area contributed by atoms with Gasteiger partial charge in [-0.3, -0.25) is 14.5 Å². The lowest BCUT2D eigenvalue weighted by atomic mass is 10.2. The van der Waals surface area contributed by atoms with Crippen LogP contribution in [0.15, 0.2) is 62.9 Å². The van der Waals surface area contributed by atoms with Crippen LogP contribution in [0, 0.1) is 0 Å². The van der Waals surface area contributed by atoms with Gasteiger partial charge in [0.1, 0.15) is 12.4 Å². The molecule has 0 bridgehead atoms. The van der Waals surface area contributed by atoms with Crippen LogP contribution in [0.25, 0.3) is 0 Å². The summed E-state index contributed by atoms with van der Waals surface area (Å²) < 4.78 is 27.1. The Balaban J connectivity index is 1.74. The number of aliphatic imine (C=N–C) groups is 1. The molecule has 1 heterocycles. The molecule has 8 heteroatoms. The third-order valence-corrected chi connectivity index (χ3v) is 5.10. The third-order valence-electron chi connectivity index (χ3n) is 3.17. The van der Waals surface area contributed by atoms with Gasteiger partial charge in [-0.25, -0.2) is 8.42 Å². The molecule has 0 spiro atoms. The van der Waals surface area contributed by atoms with Gasteiger partial charge in [-0.1, -0.05) is 28.1 Å². The lowest BCUT2D eigenvalue weighted by Crippen LogP contribution is -2.24. The summed E-state index contributed by atoms with van der Waals surface area (Å²) in [5.74, 6) is -0.144. The fraction of sp³-hybridized carbons (Fsp3) is 0.0667. The predicted molar refractivity (Wildman–Crippen MR) is 90.9 cm³/mol. The van der Waals surface area contributed by atoms with E-state index in [4.69, 9.17) is 0 Å². The number of nitrogens with zero attached hydrogens (tertiary/aromatic N) is 1. The van der Waals surface area contributed by atoms with Crippen LogP contribution in [-0.2, 0) is 14.8 Å². The van der Waals surface area contributed by atoms with Crippen molar-refractivity contribution in [1.29, 1.82) is 0 Å². The van der Waals surface area contributed by atoms with Crippen molar-refractivity contribution < 1.29 is 13.2 Å². The number of carbonyl (C=O) groups excluding carboxylic acids is 1. The topological polar surface area (TPSA) is 87.6 Å². The van der Waals surface area contributed by atoms with E-state index < -0.39 is 10.0 Å². The van der Waals surface area contributed by atoms with Gasteiger partial charge < -0.3 is 5.32 Å². The van der Waals surface area contributed by atoms with Gasteiger partial charge >= 0.3 is 0 Å². The standard InChI is InChI=1S/C15H12BrN3O3S/c16-10-5-7-11(8-6-10)18-14(20)9-17-15-12-3-1-2-4-13(12)23(21,22)19-15/h1-8H,9H2,(H,17,19)(H,18,20). The van der Waals surface area contributed by atoms with Gasteiger partial charge in [0.2, 0.25) is 5.91 Å². The van der Waals surface area contributed by atoms with E-state index in [9.17, 15) is 13.2 Å². The molecule has 1 aliphatic rings. The van der Waals surface area contributed by atoms with E-state index in [2.05, 4.69) is 31.0 Å². The van der Waals surface area contributed by atoms with Crippen LogP contribution < -0.4 is 10.0 Å². The average Bonchev–Trinajstić information content (AvgIpc) is 2.79. The summed E-state index contributed by atoms with van der Waals surface area (Å²) >= 11 is 3.31. The molecule has 0 unspecified atom stereocenters. The first-order chi connectivity index (χ1) is 11.0. The number of rotatable bonds is 3. The number of benzene rings is 2. The number of sulfonamides is 1. The van der Waals surface area contributed by atoms with Crippen LogP contribution >= 0.6 is 15.9 Å². The highest BCUT2D eigenvalue weighted by molar-refractivity contribution is 9.10. The Morgan fingerprint density at radius 3 is 2.57 bits per heavy atom. The smallest absolute Gasteiger partial charge is 0.263 e. The summed E-state index contributed by atoms with van der Waals surface area (Å²) in [5, 5.41) is 2.69. The second-order valence-electron chi connectivity index (χ2n) is 4.82. The van der Waals surface area contributed by atoms with Crippen LogP contribution in [0.2, 0.25) is 0 Å². The largest absolute Gasteiger partial charge is 0.324 e. The number of amidine groups is 1. The van der Waals surface area contributed by atoms with Crippen molar-refractivity contribution in [2.45, 2.75) is 4.90 Å². The molecule has 1 amide bonds. The van der Waals surface area contributed by atoms with Gasteiger partial charge in [-0.15, -0.1) is 0 Å². The quantitative estimate of drug-likeness (QED) is 0.836. The Kier molecular flexibility index (Phi) is 4.18. The first-order valence-corrected chi connectivity index (χ1v) is 8.95. The minimum atomic E-state index is -3.58.